The van der Waals surface area contributed by atoms with Crippen LogP contribution in [0.2, 0.25) is 5.02 Å². The highest BCUT2D eigenvalue weighted by Gasteiger charge is 2.22. The average molecular weight is 612 g/mol. The van der Waals surface area contributed by atoms with Gasteiger partial charge >= 0.3 is 0 Å². The summed E-state index contributed by atoms with van der Waals surface area (Å²) in [6.45, 7) is -0.275. The topological polar surface area (TPSA) is 85.6 Å². The van der Waals surface area contributed by atoms with Crippen molar-refractivity contribution in [3.8, 4) is 5.75 Å². The Kier molecular flexibility index (Phi) is 8.38. The summed E-state index contributed by atoms with van der Waals surface area (Å²) in [4.78, 5) is 30.5. The number of ether oxygens (including phenoxy) is 1. The number of carbonyl (C=O) groups is 1. The third-order valence-electron chi connectivity index (χ3n) is 6.57. The smallest absolute Gasteiger partial charge is 0.282 e. The molecule has 0 aliphatic heterocycles. The Hall–Kier alpha value is -3.56. The maximum Gasteiger partial charge on any atom is 0.282 e. The number of rotatable bonds is 7. The van der Waals surface area contributed by atoms with Gasteiger partial charge in [-0.3, -0.25) is 9.59 Å². The maximum absolute atomic E-state index is 13.5. The SMILES string of the molecule is O=C(COc1ccc(C=Nn2c(C3CCCCC3)nc3ccc(Br)cc3c2=O)cc1Cl)Nc1ccc(F)cc1. The van der Waals surface area contributed by atoms with E-state index < -0.39 is 5.91 Å². The number of benzene rings is 3. The highest BCUT2D eigenvalue weighted by Crippen LogP contribution is 2.32. The number of aromatic nitrogens is 2. The standard InChI is InChI=1S/C29H25BrClFN4O3/c30-20-7-12-25-23(15-20)29(38)36(28(35-25)19-4-2-1-3-5-19)33-16-18-6-13-26(24(31)14-18)39-17-27(37)34-22-10-8-21(32)9-11-22/h6-16,19H,1-5,17H2,(H,34,37). The van der Waals surface area contributed by atoms with Gasteiger partial charge in [-0.25, -0.2) is 9.37 Å². The summed E-state index contributed by atoms with van der Waals surface area (Å²) in [5.41, 5.74) is 1.54. The van der Waals surface area contributed by atoms with Crippen molar-refractivity contribution < 1.29 is 13.9 Å². The van der Waals surface area contributed by atoms with E-state index in [-0.39, 0.29) is 28.9 Å². The number of hydrogen-bond acceptors (Lipinski definition) is 5. The van der Waals surface area contributed by atoms with Gasteiger partial charge in [-0.05, 0) is 79.1 Å². The van der Waals surface area contributed by atoms with Gasteiger partial charge in [0.15, 0.2) is 6.61 Å². The van der Waals surface area contributed by atoms with Gasteiger partial charge in [-0.15, -0.1) is 0 Å². The fraction of sp³-hybridized carbons (Fsp3) is 0.241. The second-order valence-corrected chi connectivity index (χ2v) is 10.7. The van der Waals surface area contributed by atoms with Gasteiger partial charge in [0.25, 0.3) is 11.5 Å². The molecule has 1 aliphatic carbocycles. The second kappa shape index (κ2) is 12.1. The van der Waals surface area contributed by atoms with Crippen molar-refractivity contribution >= 4 is 56.2 Å². The van der Waals surface area contributed by atoms with E-state index in [9.17, 15) is 14.0 Å². The van der Waals surface area contributed by atoms with Gasteiger partial charge in [0.2, 0.25) is 0 Å². The van der Waals surface area contributed by atoms with E-state index >= 15 is 0 Å². The van der Waals surface area contributed by atoms with Crippen molar-refractivity contribution in [3.63, 3.8) is 0 Å². The third-order valence-corrected chi connectivity index (χ3v) is 7.36. The summed E-state index contributed by atoms with van der Waals surface area (Å²) in [6, 6.07) is 15.9. The molecule has 1 aromatic heterocycles. The Morgan fingerprint density at radius 2 is 1.90 bits per heavy atom. The largest absolute Gasteiger partial charge is 0.482 e. The van der Waals surface area contributed by atoms with Crippen LogP contribution in [0, 0.1) is 5.82 Å². The van der Waals surface area contributed by atoms with E-state index in [2.05, 4.69) is 26.3 Å². The Labute approximate surface area is 237 Å². The van der Waals surface area contributed by atoms with Crippen LogP contribution in [0.1, 0.15) is 49.4 Å². The van der Waals surface area contributed by atoms with Crippen LogP contribution in [0.3, 0.4) is 0 Å². The van der Waals surface area contributed by atoms with Crippen molar-refractivity contribution in [1.29, 1.82) is 0 Å². The molecule has 200 valence electrons. The van der Waals surface area contributed by atoms with Gasteiger partial charge in [-0.2, -0.15) is 9.78 Å². The number of halogens is 3. The summed E-state index contributed by atoms with van der Waals surface area (Å²) in [5.74, 6) is 0.356. The van der Waals surface area contributed by atoms with Crippen LogP contribution >= 0.6 is 27.5 Å². The van der Waals surface area contributed by atoms with Crippen molar-refractivity contribution in [3.05, 3.63) is 97.7 Å². The average Bonchev–Trinajstić information content (AvgIpc) is 2.94. The minimum atomic E-state index is -0.409. The van der Waals surface area contributed by atoms with Crippen molar-refractivity contribution in [2.75, 3.05) is 11.9 Å². The zero-order chi connectivity index (χ0) is 27.4. The second-order valence-electron chi connectivity index (χ2n) is 9.36. The number of amides is 1. The molecule has 0 atom stereocenters. The first-order valence-electron chi connectivity index (χ1n) is 12.6. The van der Waals surface area contributed by atoms with Crippen LogP contribution in [-0.2, 0) is 4.79 Å². The van der Waals surface area contributed by atoms with Crippen molar-refractivity contribution in [2.45, 2.75) is 38.0 Å². The molecular weight excluding hydrogens is 587 g/mol. The lowest BCUT2D eigenvalue weighted by molar-refractivity contribution is -0.118. The van der Waals surface area contributed by atoms with Crippen LogP contribution in [0.5, 0.6) is 5.75 Å². The monoisotopic (exact) mass is 610 g/mol. The molecular formula is C29H25BrClFN4O3. The molecule has 0 spiro atoms. The van der Waals surface area contributed by atoms with Crippen LogP contribution in [0.4, 0.5) is 10.1 Å². The Bertz CT molecular complexity index is 1600. The van der Waals surface area contributed by atoms with E-state index in [0.717, 1.165) is 30.2 Å². The highest BCUT2D eigenvalue weighted by atomic mass is 79.9. The van der Waals surface area contributed by atoms with E-state index in [4.69, 9.17) is 21.3 Å². The first-order valence-corrected chi connectivity index (χ1v) is 13.8. The molecule has 1 aliphatic rings. The van der Waals surface area contributed by atoms with Gasteiger partial charge in [0.1, 0.15) is 17.4 Å². The highest BCUT2D eigenvalue weighted by molar-refractivity contribution is 9.10. The number of fused-ring (bicyclic) bond motifs is 1. The van der Waals surface area contributed by atoms with Crippen LogP contribution < -0.4 is 15.6 Å². The summed E-state index contributed by atoms with van der Waals surface area (Å²) in [6.07, 6.45) is 6.89. The Morgan fingerprint density at radius 1 is 1.13 bits per heavy atom. The van der Waals surface area contributed by atoms with Crippen molar-refractivity contribution in [2.24, 2.45) is 5.10 Å². The number of carbonyl (C=O) groups excluding carboxylic acids is 1. The summed E-state index contributed by atoms with van der Waals surface area (Å²) in [5, 5.41) is 7.94. The fourth-order valence-electron chi connectivity index (χ4n) is 4.62. The molecule has 0 radical (unpaired) electrons. The molecule has 5 rings (SSSR count). The molecule has 39 heavy (non-hydrogen) atoms. The number of nitrogens with zero attached hydrogens (tertiary/aromatic N) is 3. The molecule has 1 fully saturated rings. The molecule has 1 N–H and O–H groups in total. The molecule has 4 aromatic rings. The molecule has 0 unspecified atom stereocenters. The molecule has 7 nitrogen and oxygen atoms in total. The Morgan fingerprint density at radius 3 is 2.64 bits per heavy atom. The zero-order valence-corrected chi connectivity index (χ0v) is 23.2. The minimum absolute atomic E-state index is 0.164. The molecule has 1 heterocycles. The quantitative estimate of drug-likeness (QED) is 0.231. The minimum Gasteiger partial charge on any atom is -0.482 e. The number of nitrogens with one attached hydrogen (secondary N) is 1. The maximum atomic E-state index is 13.5. The van der Waals surface area contributed by atoms with E-state index in [1.165, 1.54) is 35.4 Å². The van der Waals surface area contributed by atoms with E-state index in [1.807, 2.05) is 12.1 Å². The third kappa shape index (κ3) is 6.54. The van der Waals surface area contributed by atoms with E-state index in [0.29, 0.717) is 33.7 Å². The molecule has 3 aromatic carbocycles. The summed E-state index contributed by atoms with van der Waals surface area (Å²) < 4.78 is 20.8. The van der Waals surface area contributed by atoms with E-state index in [1.54, 1.807) is 30.5 Å². The predicted molar refractivity (Wildman–Crippen MR) is 154 cm³/mol. The van der Waals surface area contributed by atoms with Gasteiger partial charge in [0, 0.05) is 16.1 Å². The number of anilines is 1. The van der Waals surface area contributed by atoms with Crippen LogP contribution in [0.25, 0.3) is 10.9 Å². The predicted octanol–water partition coefficient (Wildman–Crippen LogP) is 6.90. The summed E-state index contributed by atoms with van der Waals surface area (Å²) in [7, 11) is 0. The lowest BCUT2D eigenvalue weighted by atomic mass is 9.88. The molecule has 0 saturated heterocycles. The lowest BCUT2D eigenvalue weighted by Crippen LogP contribution is -2.25. The molecule has 0 bridgehead atoms. The van der Waals surface area contributed by atoms with Crippen molar-refractivity contribution in [1.82, 2.24) is 9.66 Å². The summed E-state index contributed by atoms with van der Waals surface area (Å²) >= 11 is 9.84. The first kappa shape index (κ1) is 27.0. The lowest BCUT2D eigenvalue weighted by Gasteiger charge is -2.22. The van der Waals surface area contributed by atoms with Gasteiger partial charge in [0.05, 0.1) is 22.1 Å². The first-order chi connectivity index (χ1) is 18.9. The Balaban J connectivity index is 1.35. The molecule has 1 amide bonds. The molecule has 1 saturated carbocycles. The van der Waals surface area contributed by atoms with Crippen LogP contribution in [-0.4, -0.2) is 28.4 Å². The van der Waals surface area contributed by atoms with Crippen LogP contribution in [0.15, 0.2) is 75.0 Å². The zero-order valence-electron chi connectivity index (χ0n) is 20.9. The van der Waals surface area contributed by atoms with Gasteiger partial charge < -0.3 is 10.1 Å². The number of hydrogen-bond donors (Lipinski definition) is 1. The molecule has 10 heteroatoms. The van der Waals surface area contributed by atoms with Gasteiger partial charge in [-0.1, -0.05) is 46.8 Å². The normalized spacial score (nSPS) is 14.1. The fourth-order valence-corrected chi connectivity index (χ4v) is 5.22.